The second-order valence-corrected chi connectivity index (χ2v) is 9.64. The Hall–Kier alpha value is -3.93. The SMILES string of the molecule is CCOc1cc(C=NN2C(=O)C3C4C=CC(CC4)C3C2=O)ccc1OCc1cccc2ccccc12. The summed E-state index contributed by atoms with van der Waals surface area (Å²) in [6, 6.07) is 19.9. The molecule has 1 heterocycles. The van der Waals surface area contributed by atoms with Gasteiger partial charge in [-0.25, -0.2) is 0 Å². The molecule has 0 N–H and O–H groups in total. The van der Waals surface area contributed by atoms with Crippen molar-refractivity contribution in [2.45, 2.75) is 26.4 Å². The molecule has 3 aromatic rings. The second kappa shape index (κ2) is 9.26. The van der Waals surface area contributed by atoms with Gasteiger partial charge in [-0.15, -0.1) is 0 Å². The highest BCUT2D eigenvalue weighted by Gasteiger charge is 2.56. The van der Waals surface area contributed by atoms with Gasteiger partial charge in [-0.3, -0.25) is 9.59 Å². The zero-order chi connectivity index (χ0) is 24.6. The lowest BCUT2D eigenvalue weighted by Crippen LogP contribution is -2.38. The average molecular weight is 481 g/mol. The summed E-state index contributed by atoms with van der Waals surface area (Å²) in [5.74, 6) is 0.643. The average Bonchev–Trinajstić information content (AvgIpc) is 3.19. The van der Waals surface area contributed by atoms with E-state index in [-0.39, 0.29) is 35.5 Å². The van der Waals surface area contributed by atoms with E-state index < -0.39 is 0 Å². The first-order valence-electron chi connectivity index (χ1n) is 12.6. The first-order chi connectivity index (χ1) is 17.6. The van der Waals surface area contributed by atoms with Crippen molar-refractivity contribution in [3.8, 4) is 11.5 Å². The number of nitrogens with zero attached hydrogens (tertiary/aromatic N) is 2. The van der Waals surface area contributed by atoms with Crippen molar-refractivity contribution in [2.24, 2.45) is 28.8 Å². The lowest BCUT2D eigenvalue weighted by molar-refractivity contribution is -0.140. The van der Waals surface area contributed by atoms with Gasteiger partial charge < -0.3 is 9.47 Å². The molecule has 3 aliphatic carbocycles. The molecule has 0 radical (unpaired) electrons. The topological polar surface area (TPSA) is 68.2 Å². The van der Waals surface area contributed by atoms with Gasteiger partial charge in [0.1, 0.15) is 6.61 Å². The largest absolute Gasteiger partial charge is 0.490 e. The number of allylic oxidation sites excluding steroid dienone is 2. The van der Waals surface area contributed by atoms with Crippen LogP contribution in [0.5, 0.6) is 11.5 Å². The molecule has 7 rings (SSSR count). The number of carbonyl (C=O) groups is 2. The maximum atomic E-state index is 13.0. The van der Waals surface area contributed by atoms with Crippen LogP contribution in [-0.4, -0.2) is 29.6 Å². The Labute approximate surface area is 210 Å². The number of benzene rings is 3. The predicted molar refractivity (Wildman–Crippen MR) is 138 cm³/mol. The number of hydrazone groups is 1. The molecule has 1 aliphatic heterocycles. The predicted octanol–water partition coefficient (Wildman–Crippen LogP) is 5.35. The minimum atomic E-state index is -0.262. The van der Waals surface area contributed by atoms with Crippen LogP contribution < -0.4 is 9.47 Å². The zero-order valence-electron chi connectivity index (χ0n) is 20.2. The maximum absolute atomic E-state index is 13.0. The van der Waals surface area contributed by atoms with E-state index in [4.69, 9.17) is 9.47 Å². The summed E-state index contributed by atoms with van der Waals surface area (Å²) < 4.78 is 12.0. The highest BCUT2D eigenvalue weighted by molar-refractivity contribution is 6.06. The van der Waals surface area contributed by atoms with Crippen LogP contribution in [0.2, 0.25) is 0 Å². The van der Waals surface area contributed by atoms with Crippen LogP contribution in [0.25, 0.3) is 10.8 Å². The summed E-state index contributed by atoms with van der Waals surface area (Å²) in [6.45, 7) is 2.80. The van der Waals surface area contributed by atoms with E-state index in [1.807, 2.05) is 43.3 Å². The fourth-order valence-electron chi connectivity index (χ4n) is 5.86. The third kappa shape index (κ3) is 3.87. The molecule has 4 unspecified atom stereocenters. The molecule has 2 fully saturated rings. The molecule has 4 aliphatic rings. The Morgan fingerprint density at radius 2 is 1.61 bits per heavy atom. The fourth-order valence-corrected chi connectivity index (χ4v) is 5.86. The molecule has 3 aromatic carbocycles. The number of imide groups is 1. The van der Waals surface area contributed by atoms with Gasteiger partial charge in [0.05, 0.1) is 24.7 Å². The fraction of sp³-hybridized carbons (Fsp3) is 0.300. The molecule has 6 heteroatoms. The highest BCUT2D eigenvalue weighted by atomic mass is 16.5. The van der Waals surface area contributed by atoms with Crippen molar-refractivity contribution in [2.75, 3.05) is 6.61 Å². The number of fused-ring (bicyclic) bond motifs is 2. The van der Waals surface area contributed by atoms with E-state index in [0.29, 0.717) is 24.7 Å². The molecule has 6 nitrogen and oxygen atoms in total. The number of ether oxygens (including phenoxy) is 2. The number of rotatable bonds is 7. The number of hydrogen-bond donors (Lipinski definition) is 0. The lowest BCUT2D eigenvalue weighted by Gasteiger charge is -2.37. The van der Waals surface area contributed by atoms with Crippen molar-refractivity contribution < 1.29 is 19.1 Å². The Bertz CT molecular complexity index is 1360. The molecule has 1 saturated carbocycles. The summed E-state index contributed by atoms with van der Waals surface area (Å²) in [5, 5.41) is 7.73. The lowest BCUT2D eigenvalue weighted by atomic mass is 9.63. The van der Waals surface area contributed by atoms with Crippen molar-refractivity contribution in [1.82, 2.24) is 5.01 Å². The van der Waals surface area contributed by atoms with Crippen LogP contribution in [0.15, 0.2) is 77.9 Å². The Morgan fingerprint density at radius 1 is 0.889 bits per heavy atom. The van der Waals surface area contributed by atoms with Gasteiger partial charge in [0.2, 0.25) is 0 Å². The van der Waals surface area contributed by atoms with E-state index in [1.165, 1.54) is 5.39 Å². The third-order valence-electron chi connectivity index (χ3n) is 7.59. The molecule has 2 bridgehead atoms. The summed E-state index contributed by atoms with van der Waals surface area (Å²) in [5.41, 5.74) is 1.82. The summed E-state index contributed by atoms with van der Waals surface area (Å²) in [7, 11) is 0. The van der Waals surface area contributed by atoms with Crippen LogP contribution >= 0.6 is 0 Å². The van der Waals surface area contributed by atoms with Gasteiger partial charge in [-0.05, 0) is 71.7 Å². The van der Waals surface area contributed by atoms with E-state index >= 15 is 0 Å². The minimum absolute atomic E-state index is 0.152. The van der Waals surface area contributed by atoms with Gasteiger partial charge in [0, 0.05) is 0 Å². The minimum Gasteiger partial charge on any atom is -0.490 e. The van der Waals surface area contributed by atoms with Gasteiger partial charge in [0.25, 0.3) is 11.8 Å². The van der Waals surface area contributed by atoms with E-state index in [9.17, 15) is 9.59 Å². The van der Waals surface area contributed by atoms with Crippen LogP contribution in [0, 0.1) is 23.7 Å². The zero-order valence-corrected chi connectivity index (χ0v) is 20.2. The van der Waals surface area contributed by atoms with Crippen molar-refractivity contribution >= 4 is 28.8 Å². The molecule has 182 valence electrons. The molecule has 0 aromatic heterocycles. The quantitative estimate of drug-likeness (QED) is 0.260. The molecule has 36 heavy (non-hydrogen) atoms. The molecule has 4 atom stereocenters. The van der Waals surface area contributed by atoms with Gasteiger partial charge in [-0.2, -0.15) is 10.1 Å². The molecule has 0 spiro atoms. The molecule has 2 amide bonds. The van der Waals surface area contributed by atoms with Crippen molar-refractivity contribution in [3.05, 3.63) is 83.9 Å². The van der Waals surface area contributed by atoms with E-state index in [1.54, 1.807) is 6.21 Å². The van der Waals surface area contributed by atoms with Crippen LogP contribution in [-0.2, 0) is 16.2 Å². The molecule has 1 saturated heterocycles. The summed E-state index contributed by atoms with van der Waals surface area (Å²) in [4.78, 5) is 26.0. The van der Waals surface area contributed by atoms with Crippen LogP contribution in [0.1, 0.15) is 30.9 Å². The number of carbonyl (C=O) groups excluding carboxylic acids is 2. The number of amides is 2. The monoisotopic (exact) mass is 480 g/mol. The summed E-state index contributed by atoms with van der Waals surface area (Å²) >= 11 is 0. The summed E-state index contributed by atoms with van der Waals surface area (Å²) in [6.07, 6.45) is 7.71. The number of hydrogen-bond acceptors (Lipinski definition) is 5. The first-order valence-corrected chi connectivity index (χ1v) is 12.6. The normalized spacial score (nSPS) is 24.6. The van der Waals surface area contributed by atoms with E-state index in [2.05, 4.69) is 41.5 Å². The first kappa shape index (κ1) is 22.5. The van der Waals surface area contributed by atoms with Crippen LogP contribution in [0.4, 0.5) is 0 Å². The smallest absolute Gasteiger partial charge is 0.254 e. The van der Waals surface area contributed by atoms with Crippen molar-refractivity contribution in [1.29, 1.82) is 0 Å². The van der Waals surface area contributed by atoms with Gasteiger partial charge in [0.15, 0.2) is 11.5 Å². The Kier molecular flexibility index (Phi) is 5.80. The molecular formula is C30H28N2O4. The Balaban J connectivity index is 1.20. The Morgan fingerprint density at radius 3 is 2.33 bits per heavy atom. The highest BCUT2D eigenvalue weighted by Crippen LogP contribution is 2.49. The van der Waals surface area contributed by atoms with Crippen LogP contribution in [0.3, 0.4) is 0 Å². The van der Waals surface area contributed by atoms with Gasteiger partial charge in [-0.1, -0.05) is 54.6 Å². The standard InChI is InChI=1S/C30H28N2O4/c1-2-35-26-16-19(10-15-25(26)36-18-23-8-5-7-20-6-3-4-9-24(20)23)17-31-32-29(33)27-21-11-12-22(14-13-21)28(27)30(32)34/h3-12,15-17,21-22,27-28H,2,13-14,18H2,1H3. The molecular weight excluding hydrogens is 452 g/mol. The third-order valence-corrected chi connectivity index (χ3v) is 7.59. The van der Waals surface area contributed by atoms with Crippen molar-refractivity contribution in [3.63, 3.8) is 0 Å². The van der Waals surface area contributed by atoms with E-state index in [0.717, 1.165) is 34.4 Å². The van der Waals surface area contributed by atoms with Gasteiger partial charge >= 0.3 is 0 Å². The second-order valence-electron chi connectivity index (χ2n) is 9.64. The maximum Gasteiger partial charge on any atom is 0.254 e.